The van der Waals surface area contributed by atoms with Crippen molar-refractivity contribution < 1.29 is 14.3 Å². The summed E-state index contributed by atoms with van der Waals surface area (Å²) >= 11 is 0. The third-order valence-electron chi connectivity index (χ3n) is 3.75. The fourth-order valence-electron chi connectivity index (χ4n) is 2.52. The van der Waals surface area contributed by atoms with Crippen molar-refractivity contribution in [2.24, 2.45) is 5.73 Å². The van der Waals surface area contributed by atoms with Crippen LogP contribution in [0.1, 0.15) is 18.4 Å². The van der Waals surface area contributed by atoms with Crippen LogP contribution in [0.15, 0.2) is 30.3 Å². The van der Waals surface area contributed by atoms with Crippen LogP contribution in [0.2, 0.25) is 0 Å². The number of rotatable bonds is 6. The van der Waals surface area contributed by atoms with E-state index in [1.807, 2.05) is 23.1 Å². The number of hydrogen-bond donors (Lipinski definition) is 1. The summed E-state index contributed by atoms with van der Waals surface area (Å²) < 4.78 is 10.8. The van der Waals surface area contributed by atoms with Gasteiger partial charge in [-0.25, -0.2) is 0 Å². The highest BCUT2D eigenvalue weighted by Crippen LogP contribution is 2.16. The molecule has 116 valence electrons. The first-order valence-electron chi connectivity index (χ1n) is 7.39. The summed E-state index contributed by atoms with van der Waals surface area (Å²) in [7, 11) is 1.55. The van der Waals surface area contributed by atoms with E-state index in [0.717, 1.165) is 12.8 Å². The van der Waals surface area contributed by atoms with E-state index in [1.165, 1.54) is 5.56 Å². The molecule has 1 atom stereocenters. The summed E-state index contributed by atoms with van der Waals surface area (Å²) in [6, 6.07) is 9.58. The van der Waals surface area contributed by atoms with Gasteiger partial charge in [0.15, 0.2) is 0 Å². The van der Waals surface area contributed by atoms with Crippen molar-refractivity contribution in [1.82, 2.24) is 4.90 Å². The van der Waals surface area contributed by atoms with Gasteiger partial charge in [0.2, 0.25) is 5.91 Å². The van der Waals surface area contributed by atoms with Crippen molar-refractivity contribution in [2.75, 3.05) is 26.8 Å². The highest BCUT2D eigenvalue weighted by atomic mass is 16.5. The van der Waals surface area contributed by atoms with Crippen LogP contribution in [-0.2, 0) is 20.9 Å². The van der Waals surface area contributed by atoms with E-state index in [9.17, 15) is 4.79 Å². The predicted octanol–water partition coefficient (Wildman–Crippen LogP) is 1.17. The molecule has 1 saturated heterocycles. The Morgan fingerprint density at radius 1 is 1.33 bits per heavy atom. The second-order valence-corrected chi connectivity index (χ2v) is 5.38. The lowest BCUT2D eigenvalue weighted by Crippen LogP contribution is -2.49. The highest BCUT2D eigenvalue weighted by Gasteiger charge is 2.26. The standard InChI is InChI=1S/C16H24N2O3/c1-20-12-15(17)16(19)18-9-7-14(8-10-18)21-11-13-5-3-2-4-6-13/h2-6,14-15H,7-12,17H2,1H3. The second-order valence-electron chi connectivity index (χ2n) is 5.38. The van der Waals surface area contributed by atoms with Crippen molar-refractivity contribution >= 4 is 5.91 Å². The monoisotopic (exact) mass is 292 g/mol. The van der Waals surface area contributed by atoms with Gasteiger partial charge in [0.25, 0.3) is 0 Å². The maximum atomic E-state index is 12.1. The van der Waals surface area contributed by atoms with Crippen LogP contribution in [-0.4, -0.2) is 49.8 Å². The number of nitrogens with zero attached hydrogens (tertiary/aromatic N) is 1. The first kappa shape index (κ1) is 15.9. The van der Waals surface area contributed by atoms with Crippen LogP contribution in [0.25, 0.3) is 0 Å². The van der Waals surface area contributed by atoms with Gasteiger partial charge >= 0.3 is 0 Å². The maximum Gasteiger partial charge on any atom is 0.241 e. The van der Waals surface area contributed by atoms with Crippen molar-refractivity contribution in [3.8, 4) is 0 Å². The zero-order valence-corrected chi connectivity index (χ0v) is 12.5. The number of ether oxygens (including phenoxy) is 2. The molecule has 2 N–H and O–H groups in total. The van der Waals surface area contributed by atoms with Crippen LogP contribution in [0.4, 0.5) is 0 Å². The molecule has 0 radical (unpaired) electrons. The summed E-state index contributed by atoms with van der Waals surface area (Å²) in [5, 5.41) is 0. The molecule has 1 unspecified atom stereocenters. The number of carbonyl (C=O) groups is 1. The molecule has 1 amide bonds. The third-order valence-corrected chi connectivity index (χ3v) is 3.75. The largest absolute Gasteiger partial charge is 0.383 e. The average molecular weight is 292 g/mol. The number of methoxy groups -OCH3 is 1. The molecule has 1 aliphatic heterocycles. The molecule has 0 aliphatic carbocycles. The van der Waals surface area contributed by atoms with E-state index in [-0.39, 0.29) is 18.6 Å². The number of amides is 1. The van der Waals surface area contributed by atoms with Crippen molar-refractivity contribution in [3.63, 3.8) is 0 Å². The summed E-state index contributed by atoms with van der Waals surface area (Å²) in [5.74, 6) is -0.0293. The molecular formula is C16H24N2O3. The molecule has 0 aromatic heterocycles. The average Bonchev–Trinajstić information content (AvgIpc) is 2.54. The van der Waals surface area contributed by atoms with E-state index >= 15 is 0 Å². The zero-order valence-electron chi connectivity index (χ0n) is 12.5. The molecular weight excluding hydrogens is 268 g/mol. The van der Waals surface area contributed by atoms with Crippen molar-refractivity contribution in [2.45, 2.75) is 31.6 Å². The second kappa shape index (κ2) is 8.12. The van der Waals surface area contributed by atoms with Crippen molar-refractivity contribution in [1.29, 1.82) is 0 Å². The molecule has 1 heterocycles. The fraction of sp³-hybridized carbons (Fsp3) is 0.562. The summed E-state index contributed by atoms with van der Waals surface area (Å²) in [6.07, 6.45) is 1.93. The Labute approximate surface area is 126 Å². The lowest BCUT2D eigenvalue weighted by atomic mass is 10.1. The normalized spacial score (nSPS) is 17.7. The van der Waals surface area contributed by atoms with Gasteiger partial charge in [-0.15, -0.1) is 0 Å². The van der Waals surface area contributed by atoms with E-state index in [0.29, 0.717) is 19.7 Å². The van der Waals surface area contributed by atoms with E-state index in [2.05, 4.69) is 12.1 Å². The molecule has 1 aliphatic rings. The molecule has 1 fully saturated rings. The molecule has 0 saturated carbocycles. The molecule has 0 bridgehead atoms. The molecule has 21 heavy (non-hydrogen) atoms. The fourth-order valence-corrected chi connectivity index (χ4v) is 2.52. The number of benzene rings is 1. The maximum absolute atomic E-state index is 12.1. The van der Waals surface area contributed by atoms with Gasteiger partial charge in [-0.1, -0.05) is 30.3 Å². The minimum absolute atomic E-state index is 0.0293. The number of likely N-dealkylation sites (tertiary alicyclic amines) is 1. The molecule has 5 nitrogen and oxygen atoms in total. The molecule has 0 spiro atoms. The molecule has 1 aromatic carbocycles. The lowest BCUT2D eigenvalue weighted by molar-refractivity contribution is -0.136. The van der Waals surface area contributed by atoms with Crippen LogP contribution in [0.5, 0.6) is 0 Å². The van der Waals surface area contributed by atoms with Crippen LogP contribution in [0.3, 0.4) is 0 Å². The van der Waals surface area contributed by atoms with Gasteiger partial charge in [-0.3, -0.25) is 4.79 Å². The Balaban J connectivity index is 1.72. The summed E-state index contributed by atoms with van der Waals surface area (Å²) in [5.41, 5.74) is 6.96. The first-order valence-corrected chi connectivity index (χ1v) is 7.39. The number of piperidine rings is 1. The Kier molecular flexibility index (Phi) is 6.17. The van der Waals surface area contributed by atoms with Gasteiger partial charge in [0.1, 0.15) is 6.04 Å². The molecule has 5 heteroatoms. The number of hydrogen-bond acceptors (Lipinski definition) is 4. The predicted molar refractivity (Wildman–Crippen MR) is 80.7 cm³/mol. The third kappa shape index (κ3) is 4.81. The minimum Gasteiger partial charge on any atom is -0.383 e. The van der Waals surface area contributed by atoms with Crippen molar-refractivity contribution in [3.05, 3.63) is 35.9 Å². The van der Waals surface area contributed by atoms with Crippen LogP contribution >= 0.6 is 0 Å². The Morgan fingerprint density at radius 3 is 2.62 bits per heavy atom. The van der Waals surface area contributed by atoms with Gasteiger partial charge in [-0.05, 0) is 18.4 Å². The highest BCUT2D eigenvalue weighted by molar-refractivity contribution is 5.81. The summed E-state index contributed by atoms with van der Waals surface area (Å²) in [6.45, 7) is 2.30. The van der Waals surface area contributed by atoms with E-state index < -0.39 is 6.04 Å². The number of carbonyl (C=O) groups excluding carboxylic acids is 1. The molecule has 2 rings (SSSR count). The topological polar surface area (TPSA) is 64.8 Å². The quantitative estimate of drug-likeness (QED) is 0.855. The number of nitrogens with two attached hydrogens (primary N) is 1. The Morgan fingerprint density at radius 2 is 2.00 bits per heavy atom. The minimum atomic E-state index is -0.559. The smallest absolute Gasteiger partial charge is 0.241 e. The van der Waals surface area contributed by atoms with E-state index in [1.54, 1.807) is 7.11 Å². The van der Waals surface area contributed by atoms with Gasteiger partial charge in [0, 0.05) is 20.2 Å². The van der Waals surface area contributed by atoms with E-state index in [4.69, 9.17) is 15.2 Å². The SMILES string of the molecule is COCC(N)C(=O)N1CCC(OCc2ccccc2)CC1. The van der Waals surface area contributed by atoms with Gasteiger partial charge in [0.05, 0.1) is 19.3 Å². The Bertz CT molecular complexity index is 430. The van der Waals surface area contributed by atoms with Gasteiger partial charge in [-0.2, -0.15) is 0 Å². The zero-order chi connectivity index (χ0) is 15.1. The lowest BCUT2D eigenvalue weighted by Gasteiger charge is -2.33. The van der Waals surface area contributed by atoms with Crippen LogP contribution < -0.4 is 5.73 Å². The Hall–Kier alpha value is -1.43. The molecule has 1 aromatic rings. The summed E-state index contributed by atoms with van der Waals surface area (Å²) in [4.78, 5) is 13.9. The first-order chi connectivity index (χ1) is 10.2. The van der Waals surface area contributed by atoms with Crippen LogP contribution in [0, 0.1) is 0 Å². The van der Waals surface area contributed by atoms with Gasteiger partial charge < -0.3 is 20.1 Å².